The van der Waals surface area contributed by atoms with Gasteiger partial charge in [-0.15, -0.1) is 0 Å². The fourth-order valence-corrected chi connectivity index (χ4v) is 4.80. The predicted octanol–water partition coefficient (Wildman–Crippen LogP) is 4.87. The van der Waals surface area contributed by atoms with E-state index in [9.17, 15) is 0 Å². The maximum atomic E-state index is 5.57. The molecular formula is C23H30N4S. The van der Waals surface area contributed by atoms with Crippen molar-refractivity contribution in [3.05, 3.63) is 54.2 Å². The average molecular weight is 395 g/mol. The molecule has 0 atom stereocenters. The first-order valence-corrected chi connectivity index (χ1v) is 11.0. The van der Waals surface area contributed by atoms with E-state index in [1.165, 1.54) is 50.5 Å². The van der Waals surface area contributed by atoms with Crippen LogP contribution in [0.1, 0.15) is 50.5 Å². The van der Waals surface area contributed by atoms with Crippen LogP contribution < -0.4 is 15.5 Å². The molecule has 2 aliphatic rings. The number of pyridine rings is 1. The summed E-state index contributed by atoms with van der Waals surface area (Å²) in [5.41, 5.74) is 2.57. The van der Waals surface area contributed by atoms with Crippen molar-refractivity contribution < 1.29 is 0 Å². The van der Waals surface area contributed by atoms with Gasteiger partial charge in [0, 0.05) is 25.0 Å². The molecule has 5 heteroatoms. The Morgan fingerprint density at radius 3 is 2.39 bits per heavy atom. The zero-order valence-corrected chi connectivity index (χ0v) is 17.3. The molecule has 1 aromatic carbocycles. The second kappa shape index (κ2) is 8.91. The van der Waals surface area contributed by atoms with Gasteiger partial charge in [0.2, 0.25) is 0 Å². The lowest BCUT2D eigenvalue weighted by Gasteiger charge is -2.30. The molecule has 0 amide bonds. The summed E-state index contributed by atoms with van der Waals surface area (Å²) in [4.78, 5) is 7.00. The standard InChI is InChI=1S/C23H30N4S/c28-22(25-18-23(13-5-6-14-23)19-9-3-1-4-10-19)26-20-11-12-21(24-17-20)27-15-7-2-8-16-27/h1,3-4,9-12,17H,2,5-8,13-16,18H2,(H2,25,26,28). The van der Waals surface area contributed by atoms with Crippen molar-refractivity contribution in [1.29, 1.82) is 0 Å². The quantitative estimate of drug-likeness (QED) is 0.708. The van der Waals surface area contributed by atoms with Crippen molar-refractivity contribution in [3.8, 4) is 0 Å². The Kier molecular flexibility index (Phi) is 6.10. The lowest BCUT2D eigenvalue weighted by atomic mass is 9.79. The van der Waals surface area contributed by atoms with Crippen LogP contribution in [0.15, 0.2) is 48.7 Å². The summed E-state index contributed by atoms with van der Waals surface area (Å²) in [6.07, 6.45) is 10.8. The molecule has 1 saturated carbocycles. The van der Waals surface area contributed by atoms with Gasteiger partial charge in [-0.1, -0.05) is 43.2 Å². The van der Waals surface area contributed by atoms with Gasteiger partial charge in [0.1, 0.15) is 5.82 Å². The molecule has 0 spiro atoms. The van der Waals surface area contributed by atoms with Gasteiger partial charge < -0.3 is 15.5 Å². The Labute approximate surface area is 173 Å². The molecule has 4 rings (SSSR count). The summed E-state index contributed by atoms with van der Waals surface area (Å²) in [5.74, 6) is 1.07. The van der Waals surface area contributed by atoms with Crippen molar-refractivity contribution in [2.75, 3.05) is 29.9 Å². The van der Waals surface area contributed by atoms with E-state index in [0.29, 0.717) is 5.11 Å². The number of hydrogen-bond acceptors (Lipinski definition) is 3. The van der Waals surface area contributed by atoms with Gasteiger partial charge in [-0.25, -0.2) is 4.98 Å². The number of piperidine rings is 1. The highest BCUT2D eigenvalue weighted by Gasteiger charge is 2.35. The third-order valence-corrected chi connectivity index (χ3v) is 6.47. The molecule has 1 aliphatic carbocycles. The number of rotatable bonds is 5. The number of hydrogen-bond donors (Lipinski definition) is 2. The first-order valence-electron chi connectivity index (χ1n) is 10.6. The van der Waals surface area contributed by atoms with E-state index in [1.807, 2.05) is 6.20 Å². The summed E-state index contributed by atoms with van der Waals surface area (Å²) in [5, 5.41) is 7.45. The van der Waals surface area contributed by atoms with Crippen LogP contribution in [0, 0.1) is 0 Å². The lowest BCUT2D eigenvalue weighted by Crippen LogP contribution is -2.40. The zero-order chi connectivity index (χ0) is 19.2. The van der Waals surface area contributed by atoms with Gasteiger partial charge >= 0.3 is 0 Å². The second-order valence-corrected chi connectivity index (χ2v) is 8.52. The van der Waals surface area contributed by atoms with Crippen molar-refractivity contribution >= 4 is 28.8 Å². The van der Waals surface area contributed by atoms with Gasteiger partial charge in [0.05, 0.1) is 11.9 Å². The van der Waals surface area contributed by atoms with E-state index in [0.717, 1.165) is 31.1 Å². The summed E-state index contributed by atoms with van der Waals surface area (Å²) >= 11 is 5.57. The summed E-state index contributed by atoms with van der Waals surface area (Å²) in [6, 6.07) is 15.1. The molecule has 148 valence electrons. The van der Waals surface area contributed by atoms with Crippen molar-refractivity contribution in [3.63, 3.8) is 0 Å². The molecule has 2 fully saturated rings. The number of benzene rings is 1. The highest BCUT2D eigenvalue weighted by molar-refractivity contribution is 7.80. The smallest absolute Gasteiger partial charge is 0.170 e. The Balaban J connectivity index is 1.34. The number of nitrogens with zero attached hydrogens (tertiary/aromatic N) is 2. The molecule has 1 aliphatic heterocycles. The first-order chi connectivity index (χ1) is 13.8. The minimum atomic E-state index is 0.198. The largest absolute Gasteiger partial charge is 0.362 e. The molecule has 28 heavy (non-hydrogen) atoms. The molecule has 2 N–H and O–H groups in total. The average Bonchev–Trinajstić information content (AvgIpc) is 3.24. The van der Waals surface area contributed by atoms with Crippen LogP contribution in [0.2, 0.25) is 0 Å². The normalized spacial score (nSPS) is 18.6. The number of anilines is 2. The molecule has 1 saturated heterocycles. The minimum Gasteiger partial charge on any atom is -0.362 e. The first kappa shape index (κ1) is 19.2. The van der Waals surface area contributed by atoms with E-state index in [4.69, 9.17) is 12.2 Å². The Morgan fingerprint density at radius 2 is 1.71 bits per heavy atom. The highest BCUT2D eigenvalue weighted by Crippen LogP contribution is 2.40. The summed E-state index contributed by atoms with van der Waals surface area (Å²) in [7, 11) is 0. The van der Waals surface area contributed by atoms with E-state index in [2.05, 4.69) is 63.0 Å². The third kappa shape index (κ3) is 4.46. The maximum absolute atomic E-state index is 5.57. The third-order valence-electron chi connectivity index (χ3n) is 6.22. The number of nitrogens with one attached hydrogen (secondary N) is 2. The van der Waals surface area contributed by atoms with Gasteiger partial charge in [-0.2, -0.15) is 0 Å². The SMILES string of the molecule is S=C(NCC1(c2ccccc2)CCCC1)Nc1ccc(N2CCCCC2)nc1. The van der Waals surface area contributed by atoms with Crippen LogP contribution in [0.3, 0.4) is 0 Å². The topological polar surface area (TPSA) is 40.2 Å². The number of thiocarbonyl (C=S) groups is 1. The fraction of sp³-hybridized carbons (Fsp3) is 0.478. The van der Waals surface area contributed by atoms with Crippen LogP contribution in [0.25, 0.3) is 0 Å². The summed E-state index contributed by atoms with van der Waals surface area (Å²) in [6.45, 7) is 3.10. The van der Waals surface area contributed by atoms with Gasteiger partial charge in [-0.05, 0) is 62.0 Å². The van der Waals surface area contributed by atoms with E-state index < -0.39 is 0 Å². The van der Waals surface area contributed by atoms with Crippen molar-refractivity contribution in [1.82, 2.24) is 10.3 Å². The van der Waals surface area contributed by atoms with Crippen LogP contribution in [0.4, 0.5) is 11.5 Å². The van der Waals surface area contributed by atoms with Gasteiger partial charge in [0.25, 0.3) is 0 Å². The van der Waals surface area contributed by atoms with E-state index in [-0.39, 0.29) is 5.41 Å². The molecule has 0 radical (unpaired) electrons. The molecule has 0 unspecified atom stereocenters. The van der Waals surface area contributed by atoms with Crippen LogP contribution in [0.5, 0.6) is 0 Å². The second-order valence-electron chi connectivity index (χ2n) is 8.11. The Hall–Kier alpha value is -2.14. The van der Waals surface area contributed by atoms with Crippen molar-refractivity contribution in [2.45, 2.75) is 50.4 Å². The lowest BCUT2D eigenvalue weighted by molar-refractivity contribution is 0.435. The zero-order valence-electron chi connectivity index (χ0n) is 16.5. The molecular weight excluding hydrogens is 364 g/mol. The molecule has 1 aromatic heterocycles. The van der Waals surface area contributed by atoms with Crippen LogP contribution in [-0.4, -0.2) is 29.7 Å². The monoisotopic (exact) mass is 394 g/mol. The molecule has 2 aromatic rings. The Morgan fingerprint density at radius 1 is 0.964 bits per heavy atom. The van der Waals surface area contributed by atoms with Crippen LogP contribution >= 0.6 is 12.2 Å². The van der Waals surface area contributed by atoms with Crippen molar-refractivity contribution in [2.24, 2.45) is 0 Å². The molecule has 2 heterocycles. The number of aromatic nitrogens is 1. The van der Waals surface area contributed by atoms with Crippen LogP contribution in [-0.2, 0) is 5.41 Å². The van der Waals surface area contributed by atoms with E-state index in [1.54, 1.807) is 0 Å². The summed E-state index contributed by atoms with van der Waals surface area (Å²) < 4.78 is 0. The van der Waals surface area contributed by atoms with Gasteiger partial charge in [-0.3, -0.25) is 0 Å². The maximum Gasteiger partial charge on any atom is 0.170 e. The molecule has 4 nitrogen and oxygen atoms in total. The molecule has 0 bridgehead atoms. The Bertz CT molecular complexity index is 763. The fourth-order valence-electron chi connectivity index (χ4n) is 4.61. The van der Waals surface area contributed by atoms with E-state index >= 15 is 0 Å². The highest BCUT2D eigenvalue weighted by atomic mass is 32.1. The van der Waals surface area contributed by atoms with Gasteiger partial charge in [0.15, 0.2) is 5.11 Å². The predicted molar refractivity (Wildman–Crippen MR) is 121 cm³/mol. The minimum absolute atomic E-state index is 0.198.